The normalized spacial score (nSPS) is 18.1. The fourth-order valence-electron chi connectivity index (χ4n) is 3.70. The summed E-state index contributed by atoms with van der Waals surface area (Å²) in [6, 6.07) is 10.4. The Bertz CT molecular complexity index is 881. The first-order chi connectivity index (χ1) is 15.3. The van der Waals surface area contributed by atoms with Gasteiger partial charge in [0.2, 0.25) is 0 Å². The van der Waals surface area contributed by atoms with Gasteiger partial charge in [-0.2, -0.15) is 0 Å². The third-order valence-corrected chi connectivity index (χ3v) is 6.68. The van der Waals surface area contributed by atoms with Gasteiger partial charge in [0, 0.05) is 23.6 Å². The monoisotopic (exact) mass is 497 g/mol. The number of aryl methyl sites for hydroxylation is 1. The molecule has 0 spiro atoms. The molecule has 3 rings (SSSR count). The second-order valence-corrected chi connectivity index (χ2v) is 9.31. The molecule has 1 fully saturated rings. The van der Waals surface area contributed by atoms with E-state index in [0.29, 0.717) is 38.9 Å². The molecule has 0 atom stereocenters. The molecule has 2 aromatic carbocycles. The number of amides is 1. The van der Waals surface area contributed by atoms with Crippen LogP contribution in [0.2, 0.25) is 15.1 Å². The lowest BCUT2D eigenvalue weighted by atomic mass is 9.83. The number of halogens is 3. The summed E-state index contributed by atoms with van der Waals surface area (Å²) >= 11 is 17.9. The third kappa shape index (κ3) is 7.58. The van der Waals surface area contributed by atoms with Crippen LogP contribution in [0.4, 0.5) is 0 Å². The maximum atomic E-state index is 12.3. The molecule has 1 aliphatic rings. The molecule has 0 aliphatic heterocycles. The van der Waals surface area contributed by atoms with Crippen LogP contribution in [0.3, 0.4) is 0 Å². The van der Waals surface area contributed by atoms with Crippen LogP contribution in [0.25, 0.3) is 0 Å². The molecule has 0 unspecified atom stereocenters. The van der Waals surface area contributed by atoms with E-state index >= 15 is 0 Å². The highest BCUT2D eigenvalue weighted by Crippen LogP contribution is 2.28. The molecule has 2 aromatic rings. The number of ketones is 1. The van der Waals surface area contributed by atoms with Crippen LogP contribution in [0.1, 0.15) is 37.7 Å². The second-order valence-electron chi connectivity index (χ2n) is 8.09. The zero-order valence-corrected chi connectivity index (χ0v) is 20.1. The fourth-order valence-corrected chi connectivity index (χ4v) is 4.16. The highest BCUT2D eigenvalue weighted by Gasteiger charge is 2.24. The summed E-state index contributed by atoms with van der Waals surface area (Å²) in [4.78, 5) is 24.5. The van der Waals surface area contributed by atoms with E-state index in [4.69, 9.17) is 44.3 Å². The predicted octanol–water partition coefficient (Wildman–Crippen LogP) is 6.05. The minimum absolute atomic E-state index is 0.0438. The van der Waals surface area contributed by atoms with E-state index in [2.05, 4.69) is 5.32 Å². The summed E-state index contributed by atoms with van der Waals surface area (Å²) in [5.74, 6) is 1.30. The summed E-state index contributed by atoms with van der Waals surface area (Å²) in [6.45, 7) is 1.87. The zero-order valence-electron chi connectivity index (χ0n) is 17.8. The van der Waals surface area contributed by atoms with Crippen molar-refractivity contribution in [2.24, 2.45) is 5.92 Å². The summed E-state index contributed by atoms with van der Waals surface area (Å²) < 4.78 is 11.0. The van der Waals surface area contributed by atoms with E-state index in [1.54, 1.807) is 24.3 Å². The molecule has 5 nitrogen and oxygen atoms in total. The van der Waals surface area contributed by atoms with Gasteiger partial charge in [0.15, 0.2) is 12.4 Å². The van der Waals surface area contributed by atoms with Crippen LogP contribution < -0.4 is 14.8 Å². The number of benzene rings is 2. The van der Waals surface area contributed by atoms with Crippen LogP contribution in [-0.4, -0.2) is 30.9 Å². The number of nitrogens with one attached hydrogen (secondary N) is 1. The number of hydrogen-bond acceptors (Lipinski definition) is 4. The summed E-state index contributed by atoms with van der Waals surface area (Å²) in [7, 11) is 0. The van der Waals surface area contributed by atoms with Crippen molar-refractivity contribution >= 4 is 46.5 Å². The highest BCUT2D eigenvalue weighted by molar-refractivity contribution is 6.42. The molecule has 0 bridgehead atoms. The number of hydrogen-bond donors (Lipinski definition) is 1. The van der Waals surface area contributed by atoms with Gasteiger partial charge in [0.1, 0.15) is 18.1 Å². The minimum Gasteiger partial charge on any atom is -0.486 e. The van der Waals surface area contributed by atoms with Gasteiger partial charge >= 0.3 is 0 Å². The van der Waals surface area contributed by atoms with Crippen molar-refractivity contribution in [3.05, 3.63) is 57.0 Å². The predicted molar refractivity (Wildman–Crippen MR) is 127 cm³/mol. The Morgan fingerprint density at radius 2 is 1.50 bits per heavy atom. The zero-order chi connectivity index (χ0) is 23.1. The van der Waals surface area contributed by atoms with Crippen LogP contribution in [0, 0.1) is 12.8 Å². The van der Waals surface area contributed by atoms with Crippen LogP contribution in [0.15, 0.2) is 36.4 Å². The van der Waals surface area contributed by atoms with E-state index in [1.807, 2.05) is 19.1 Å². The lowest BCUT2D eigenvalue weighted by Crippen LogP contribution is -2.40. The third-order valence-electron chi connectivity index (χ3n) is 5.53. The van der Waals surface area contributed by atoms with E-state index in [1.165, 1.54) is 0 Å². The van der Waals surface area contributed by atoms with Gasteiger partial charge in [-0.1, -0.05) is 40.9 Å². The first kappa shape index (κ1) is 24.7. The lowest BCUT2D eigenvalue weighted by Gasteiger charge is -2.28. The average Bonchev–Trinajstić information content (AvgIpc) is 2.77. The molecule has 1 aliphatic carbocycles. The molecule has 0 saturated heterocycles. The quantitative estimate of drug-likeness (QED) is 0.457. The van der Waals surface area contributed by atoms with Crippen molar-refractivity contribution in [2.45, 2.75) is 45.1 Å². The Labute approximate surface area is 203 Å². The molecule has 1 N–H and O–H groups in total. The first-order valence-electron chi connectivity index (χ1n) is 10.6. The topological polar surface area (TPSA) is 64.6 Å². The number of carbonyl (C=O) groups excluding carboxylic acids is 2. The molecular formula is C24H26Cl3NO4. The number of ether oxygens (including phenoxy) is 2. The maximum Gasteiger partial charge on any atom is 0.258 e. The molecule has 172 valence electrons. The van der Waals surface area contributed by atoms with Crippen molar-refractivity contribution in [1.82, 2.24) is 5.32 Å². The Morgan fingerprint density at radius 3 is 2.16 bits per heavy atom. The van der Waals surface area contributed by atoms with Crippen LogP contribution in [0.5, 0.6) is 11.5 Å². The average molecular weight is 499 g/mol. The van der Waals surface area contributed by atoms with Gasteiger partial charge in [0.05, 0.1) is 10.0 Å². The maximum absolute atomic E-state index is 12.3. The molecule has 0 heterocycles. The molecule has 1 amide bonds. The van der Waals surface area contributed by atoms with Gasteiger partial charge in [0.25, 0.3) is 5.91 Å². The van der Waals surface area contributed by atoms with Gasteiger partial charge in [-0.3, -0.25) is 9.59 Å². The van der Waals surface area contributed by atoms with E-state index in [-0.39, 0.29) is 30.9 Å². The largest absolute Gasteiger partial charge is 0.486 e. The van der Waals surface area contributed by atoms with Gasteiger partial charge in [-0.25, -0.2) is 0 Å². The summed E-state index contributed by atoms with van der Waals surface area (Å²) in [5.41, 5.74) is 0.968. The molecule has 1 saturated carbocycles. The second kappa shape index (κ2) is 11.8. The summed E-state index contributed by atoms with van der Waals surface area (Å²) in [5, 5.41) is 4.44. The fraction of sp³-hybridized carbons (Fsp3) is 0.417. The van der Waals surface area contributed by atoms with Crippen molar-refractivity contribution in [1.29, 1.82) is 0 Å². The van der Waals surface area contributed by atoms with Crippen molar-refractivity contribution in [2.75, 3.05) is 13.2 Å². The Morgan fingerprint density at radius 1 is 0.875 bits per heavy atom. The SMILES string of the molecule is Cc1ccc(OCC(=O)CC2CCC(NC(=O)COc3ccc(Cl)c(Cl)c3)CC2)cc1Cl. The van der Waals surface area contributed by atoms with Gasteiger partial charge < -0.3 is 14.8 Å². The number of carbonyl (C=O) groups is 2. The standard InChI is InChI=1S/C24H26Cl3NO4/c1-15-2-7-19(11-22(15)26)31-13-18(29)10-16-3-5-17(6-4-16)28-24(30)14-32-20-8-9-21(25)23(27)12-20/h2,7-9,11-12,16-17H,3-6,10,13-14H2,1H3,(H,28,30). The Hall–Kier alpha value is -1.95. The van der Waals surface area contributed by atoms with Crippen molar-refractivity contribution in [3.63, 3.8) is 0 Å². The Balaban J connectivity index is 1.33. The van der Waals surface area contributed by atoms with E-state index < -0.39 is 0 Å². The van der Waals surface area contributed by atoms with Crippen molar-refractivity contribution < 1.29 is 19.1 Å². The van der Waals surface area contributed by atoms with Crippen molar-refractivity contribution in [3.8, 4) is 11.5 Å². The number of Topliss-reactive ketones (excluding diaryl/α,β-unsaturated/α-hetero) is 1. The van der Waals surface area contributed by atoms with E-state index in [0.717, 1.165) is 31.2 Å². The minimum atomic E-state index is -0.180. The van der Waals surface area contributed by atoms with E-state index in [9.17, 15) is 9.59 Å². The van der Waals surface area contributed by atoms with Crippen LogP contribution >= 0.6 is 34.8 Å². The molecule has 0 aromatic heterocycles. The molecule has 32 heavy (non-hydrogen) atoms. The smallest absolute Gasteiger partial charge is 0.258 e. The summed E-state index contributed by atoms with van der Waals surface area (Å²) in [6.07, 6.45) is 3.94. The first-order valence-corrected chi connectivity index (χ1v) is 11.7. The molecular weight excluding hydrogens is 473 g/mol. The Kier molecular flexibility index (Phi) is 9.09. The highest BCUT2D eigenvalue weighted by atomic mass is 35.5. The molecule has 8 heteroatoms. The van der Waals surface area contributed by atoms with Gasteiger partial charge in [-0.05, 0) is 68.4 Å². The number of rotatable bonds is 9. The lowest BCUT2D eigenvalue weighted by molar-refractivity contribution is -0.125. The van der Waals surface area contributed by atoms with Gasteiger partial charge in [-0.15, -0.1) is 0 Å². The molecule has 0 radical (unpaired) electrons. The van der Waals surface area contributed by atoms with Crippen LogP contribution in [-0.2, 0) is 9.59 Å².